The van der Waals surface area contributed by atoms with Crippen molar-refractivity contribution in [2.24, 2.45) is 0 Å². The molecule has 2 aromatic carbocycles. The predicted octanol–water partition coefficient (Wildman–Crippen LogP) is 5.65. The highest BCUT2D eigenvalue weighted by Crippen LogP contribution is 2.41. The van der Waals surface area contributed by atoms with Gasteiger partial charge in [-0.1, -0.05) is 24.8 Å². The molecule has 0 spiro atoms. The molecule has 0 radical (unpaired) electrons. The van der Waals surface area contributed by atoms with E-state index in [1.807, 2.05) is 24.4 Å². The van der Waals surface area contributed by atoms with E-state index >= 15 is 0 Å². The van der Waals surface area contributed by atoms with Gasteiger partial charge in [0.05, 0.1) is 5.52 Å². The number of fused-ring (bicyclic) bond motifs is 2. The lowest BCUT2D eigenvalue weighted by atomic mass is 10.0. The molecule has 2 nitrogen and oxygen atoms in total. The van der Waals surface area contributed by atoms with E-state index < -0.39 is 0 Å². The summed E-state index contributed by atoms with van der Waals surface area (Å²) in [6.45, 7) is 6.05. The number of nitrogen functional groups attached to an aromatic ring is 1. The Labute approximate surface area is 138 Å². The van der Waals surface area contributed by atoms with Gasteiger partial charge in [-0.25, -0.2) is 0 Å². The van der Waals surface area contributed by atoms with Gasteiger partial charge in [0.1, 0.15) is 0 Å². The van der Waals surface area contributed by atoms with Crippen LogP contribution in [0.5, 0.6) is 0 Å². The first-order chi connectivity index (χ1) is 11.2. The fraction of sp³-hybridized carbons (Fsp3) is 0.0500. The Morgan fingerprint density at radius 3 is 2.78 bits per heavy atom. The van der Waals surface area contributed by atoms with Crippen LogP contribution in [0.15, 0.2) is 55.2 Å². The molecule has 4 aromatic rings. The van der Waals surface area contributed by atoms with E-state index in [9.17, 15) is 0 Å². The lowest BCUT2D eigenvalue weighted by Gasteiger charge is -2.06. The molecule has 0 unspecified atom stereocenters. The van der Waals surface area contributed by atoms with Crippen LogP contribution < -0.4 is 5.73 Å². The van der Waals surface area contributed by atoms with Crippen molar-refractivity contribution in [1.82, 2.24) is 4.98 Å². The molecule has 0 amide bonds. The van der Waals surface area contributed by atoms with Gasteiger partial charge in [0, 0.05) is 32.4 Å². The van der Waals surface area contributed by atoms with Gasteiger partial charge in [0.2, 0.25) is 0 Å². The van der Waals surface area contributed by atoms with Gasteiger partial charge in [-0.3, -0.25) is 4.98 Å². The fourth-order valence-electron chi connectivity index (χ4n) is 2.99. The Kier molecular flexibility index (Phi) is 3.17. The Morgan fingerprint density at radius 2 is 1.96 bits per heavy atom. The van der Waals surface area contributed by atoms with Crippen LogP contribution in [0, 0.1) is 6.92 Å². The minimum absolute atomic E-state index is 0.804. The van der Waals surface area contributed by atoms with Crippen molar-refractivity contribution in [1.29, 1.82) is 0 Å². The van der Waals surface area contributed by atoms with Crippen LogP contribution >= 0.6 is 11.3 Å². The maximum absolute atomic E-state index is 5.94. The molecule has 4 rings (SSSR count). The second-order valence-electron chi connectivity index (χ2n) is 5.65. The first kappa shape index (κ1) is 14.0. The highest BCUT2D eigenvalue weighted by atomic mass is 32.1. The van der Waals surface area contributed by atoms with E-state index in [-0.39, 0.29) is 0 Å². The van der Waals surface area contributed by atoms with Crippen LogP contribution in [0.25, 0.3) is 37.5 Å². The van der Waals surface area contributed by atoms with Crippen LogP contribution in [-0.4, -0.2) is 4.98 Å². The van der Waals surface area contributed by atoms with Gasteiger partial charge in [-0.05, 0) is 53.8 Å². The monoisotopic (exact) mass is 316 g/mol. The normalized spacial score (nSPS) is 11.2. The number of anilines is 1. The summed E-state index contributed by atoms with van der Waals surface area (Å²) in [7, 11) is 0. The van der Waals surface area contributed by atoms with Crippen molar-refractivity contribution in [3.05, 3.63) is 66.4 Å². The molecule has 0 saturated heterocycles. The lowest BCUT2D eigenvalue weighted by molar-refractivity contribution is 1.41. The fourth-order valence-corrected chi connectivity index (χ4v) is 4.28. The molecular formula is C20H16N2S. The summed E-state index contributed by atoms with van der Waals surface area (Å²) in [5.41, 5.74) is 11.4. The molecule has 2 N–H and O–H groups in total. The number of aromatic nitrogens is 1. The van der Waals surface area contributed by atoms with Crippen molar-refractivity contribution >= 4 is 44.1 Å². The highest BCUT2D eigenvalue weighted by Gasteiger charge is 2.13. The van der Waals surface area contributed by atoms with Crippen molar-refractivity contribution in [2.45, 2.75) is 6.92 Å². The number of nitrogens with zero attached hydrogens (tertiary/aromatic N) is 1. The van der Waals surface area contributed by atoms with E-state index in [1.165, 1.54) is 26.1 Å². The number of rotatable bonds is 2. The van der Waals surface area contributed by atoms with Crippen molar-refractivity contribution in [2.75, 3.05) is 5.73 Å². The Morgan fingerprint density at radius 1 is 1.09 bits per heavy atom. The van der Waals surface area contributed by atoms with Gasteiger partial charge < -0.3 is 5.73 Å². The van der Waals surface area contributed by atoms with E-state index in [4.69, 9.17) is 5.73 Å². The largest absolute Gasteiger partial charge is 0.399 e. The van der Waals surface area contributed by atoms with Gasteiger partial charge in [0.25, 0.3) is 0 Å². The predicted molar refractivity (Wildman–Crippen MR) is 102 cm³/mol. The van der Waals surface area contributed by atoms with Crippen molar-refractivity contribution in [3.8, 4) is 10.4 Å². The van der Waals surface area contributed by atoms with Crippen LogP contribution in [0.4, 0.5) is 5.69 Å². The van der Waals surface area contributed by atoms with Gasteiger partial charge >= 0.3 is 0 Å². The summed E-state index contributed by atoms with van der Waals surface area (Å²) in [5, 5.41) is 2.43. The molecule has 2 aromatic heterocycles. The van der Waals surface area contributed by atoms with Crippen molar-refractivity contribution < 1.29 is 0 Å². The number of nitrogens with two attached hydrogens (primary N) is 1. The lowest BCUT2D eigenvalue weighted by Crippen LogP contribution is -1.85. The number of hydrogen-bond donors (Lipinski definition) is 1. The van der Waals surface area contributed by atoms with E-state index in [2.05, 4.69) is 48.8 Å². The molecule has 0 aliphatic heterocycles. The third-order valence-electron chi connectivity index (χ3n) is 4.21. The quantitative estimate of drug-likeness (QED) is 0.485. The molecule has 2 heterocycles. The minimum Gasteiger partial charge on any atom is -0.399 e. The number of thiophene rings is 1. The second-order valence-corrected chi connectivity index (χ2v) is 6.70. The van der Waals surface area contributed by atoms with Crippen LogP contribution in [0.2, 0.25) is 0 Å². The van der Waals surface area contributed by atoms with Gasteiger partial charge in [0.15, 0.2) is 0 Å². The first-order valence-corrected chi connectivity index (χ1v) is 8.29. The second kappa shape index (κ2) is 5.21. The maximum atomic E-state index is 5.94. The number of aryl methyl sites for hydroxylation is 1. The smallest absolute Gasteiger partial charge is 0.0708 e. The molecule has 0 aliphatic carbocycles. The number of pyridine rings is 1. The Balaban J connectivity index is 2.06. The summed E-state index contributed by atoms with van der Waals surface area (Å²) >= 11 is 1.79. The average molecular weight is 316 g/mol. The first-order valence-electron chi connectivity index (χ1n) is 7.47. The average Bonchev–Trinajstić information content (AvgIpc) is 2.89. The van der Waals surface area contributed by atoms with Gasteiger partial charge in [-0.15, -0.1) is 11.3 Å². The molecule has 0 aliphatic rings. The minimum atomic E-state index is 0.804. The third kappa shape index (κ3) is 2.21. The van der Waals surface area contributed by atoms with Crippen LogP contribution in [0.3, 0.4) is 0 Å². The number of benzene rings is 2. The maximum Gasteiger partial charge on any atom is 0.0708 e. The van der Waals surface area contributed by atoms with E-state index in [0.29, 0.717) is 0 Å². The highest BCUT2D eigenvalue weighted by molar-refractivity contribution is 7.22. The van der Waals surface area contributed by atoms with Crippen LogP contribution in [-0.2, 0) is 0 Å². The molecule has 3 heteroatoms. The molecule has 0 fully saturated rings. The van der Waals surface area contributed by atoms with Crippen molar-refractivity contribution in [3.63, 3.8) is 0 Å². The SMILES string of the molecule is C=Cc1ccc2nccc(-c3sc4cc(N)ccc4c3C)c2c1. The summed E-state index contributed by atoms with van der Waals surface area (Å²) in [6, 6.07) is 14.5. The standard InChI is InChI=1S/C20H16N2S/c1-3-13-4-7-18-17(10-13)16(8-9-22-18)20-12(2)15-6-5-14(21)11-19(15)23-20/h3-11H,1,21H2,2H3. The topological polar surface area (TPSA) is 38.9 Å². The Hall–Kier alpha value is -2.65. The molecule has 112 valence electrons. The molecule has 0 atom stereocenters. The third-order valence-corrected chi connectivity index (χ3v) is 5.50. The summed E-state index contributed by atoms with van der Waals surface area (Å²) in [4.78, 5) is 5.77. The zero-order chi connectivity index (χ0) is 16.0. The molecular weight excluding hydrogens is 300 g/mol. The zero-order valence-corrected chi connectivity index (χ0v) is 13.7. The van der Waals surface area contributed by atoms with Crippen LogP contribution in [0.1, 0.15) is 11.1 Å². The van der Waals surface area contributed by atoms with E-state index in [0.717, 1.165) is 22.2 Å². The van der Waals surface area contributed by atoms with E-state index in [1.54, 1.807) is 11.3 Å². The van der Waals surface area contributed by atoms with Gasteiger partial charge in [-0.2, -0.15) is 0 Å². The molecule has 23 heavy (non-hydrogen) atoms. The summed E-state index contributed by atoms with van der Waals surface area (Å²) < 4.78 is 1.22. The summed E-state index contributed by atoms with van der Waals surface area (Å²) in [5.74, 6) is 0. The zero-order valence-electron chi connectivity index (χ0n) is 12.8. The molecule has 0 bridgehead atoms. The Bertz CT molecular complexity index is 1060. The summed E-state index contributed by atoms with van der Waals surface area (Å²) in [6.07, 6.45) is 3.75. The molecule has 0 saturated carbocycles. The number of hydrogen-bond acceptors (Lipinski definition) is 3.